The molecule has 0 N–H and O–H groups in total. The number of fused-ring (bicyclic) bond motifs is 1. The van der Waals surface area contributed by atoms with E-state index in [0.29, 0.717) is 12.8 Å². The molecule has 15 heavy (non-hydrogen) atoms. The van der Waals surface area contributed by atoms with Crippen LogP contribution in [0, 0.1) is 11.3 Å². The van der Waals surface area contributed by atoms with E-state index in [1.165, 1.54) is 16.9 Å². The second kappa shape index (κ2) is 2.93. The monoisotopic (exact) mass is 217 g/mol. The van der Waals surface area contributed by atoms with Crippen molar-refractivity contribution in [1.29, 1.82) is 5.26 Å². The summed E-state index contributed by atoms with van der Waals surface area (Å²) in [4.78, 5) is 13.7. The van der Waals surface area contributed by atoms with Crippen molar-refractivity contribution in [3.63, 3.8) is 0 Å². The number of Topliss-reactive ketones (excluding diaryl/α,β-unsaturated/α-hetero) is 1. The van der Waals surface area contributed by atoms with Gasteiger partial charge >= 0.3 is 0 Å². The minimum absolute atomic E-state index is 0.227. The molecule has 2 nitrogen and oxygen atoms in total. The third-order valence-corrected chi connectivity index (χ3v) is 4.87. The van der Waals surface area contributed by atoms with Crippen LogP contribution >= 0.6 is 11.3 Å². The lowest BCUT2D eigenvalue weighted by molar-refractivity contribution is -0.126. The maximum Gasteiger partial charge on any atom is 0.136 e. The van der Waals surface area contributed by atoms with Crippen molar-refractivity contribution in [2.45, 2.75) is 37.5 Å². The van der Waals surface area contributed by atoms with Crippen molar-refractivity contribution in [1.82, 2.24) is 0 Å². The average molecular weight is 217 g/mol. The number of aryl methyl sites for hydroxylation is 2. The normalized spacial score (nSPS) is 21.9. The summed E-state index contributed by atoms with van der Waals surface area (Å²) >= 11 is 1.76. The van der Waals surface area contributed by atoms with Gasteiger partial charge in [0.1, 0.15) is 11.2 Å². The van der Waals surface area contributed by atoms with Gasteiger partial charge in [0, 0.05) is 22.6 Å². The zero-order chi connectivity index (χ0) is 10.5. The van der Waals surface area contributed by atoms with Gasteiger partial charge in [-0.25, -0.2) is 0 Å². The van der Waals surface area contributed by atoms with Crippen molar-refractivity contribution in [3.05, 3.63) is 21.4 Å². The predicted octanol–water partition coefficient (Wildman–Crippen LogP) is 2.36. The first kappa shape index (κ1) is 9.11. The summed E-state index contributed by atoms with van der Waals surface area (Å²) in [5.41, 5.74) is 0.968. The fourth-order valence-electron chi connectivity index (χ4n) is 2.49. The quantitative estimate of drug-likeness (QED) is 0.724. The van der Waals surface area contributed by atoms with Crippen LogP contribution in [-0.2, 0) is 23.1 Å². The molecule has 1 fully saturated rings. The van der Waals surface area contributed by atoms with Gasteiger partial charge in [-0.2, -0.15) is 5.26 Å². The van der Waals surface area contributed by atoms with Crippen LogP contribution in [0.1, 0.15) is 34.6 Å². The van der Waals surface area contributed by atoms with Gasteiger partial charge in [-0.15, -0.1) is 11.3 Å². The molecule has 0 amide bonds. The first-order valence-electron chi connectivity index (χ1n) is 5.28. The Morgan fingerprint density at radius 1 is 1.40 bits per heavy atom. The first-order valence-corrected chi connectivity index (χ1v) is 6.10. The summed E-state index contributed by atoms with van der Waals surface area (Å²) in [6, 6.07) is 4.51. The van der Waals surface area contributed by atoms with Crippen LogP contribution in [0.2, 0.25) is 0 Å². The predicted molar refractivity (Wildman–Crippen MR) is 57.9 cm³/mol. The lowest BCUT2D eigenvalue weighted by Gasteiger charge is -2.32. The van der Waals surface area contributed by atoms with E-state index >= 15 is 0 Å². The summed E-state index contributed by atoms with van der Waals surface area (Å²) in [5, 5.41) is 9.20. The molecule has 2 aliphatic rings. The Labute approximate surface area is 92.5 Å². The third-order valence-electron chi connectivity index (χ3n) is 3.43. The van der Waals surface area contributed by atoms with E-state index < -0.39 is 5.41 Å². The van der Waals surface area contributed by atoms with Crippen LogP contribution in [0.3, 0.4) is 0 Å². The van der Waals surface area contributed by atoms with Crippen molar-refractivity contribution < 1.29 is 4.79 Å². The fourth-order valence-corrected chi connectivity index (χ4v) is 3.89. The van der Waals surface area contributed by atoms with E-state index in [1.807, 2.05) is 0 Å². The molecule has 1 aromatic rings. The summed E-state index contributed by atoms with van der Waals surface area (Å²) in [5.74, 6) is 0.227. The van der Waals surface area contributed by atoms with Crippen LogP contribution in [0.4, 0.5) is 0 Å². The molecular weight excluding hydrogens is 206 g/mol. The Balaban J connectivity index is 1.99. The van der Waals surface area contributed by atoms with Crippen LogP contribution in [0.15, 0.2) is 6.07 Å². The van der Waals surface area contributed by atoms with Crippen LogP contribution in [0.25, 0.3) is 0 Å². The van der Waals surface area contributed by atoms with E-state index in [2.05, 4.69) is 12.1 Å². The summed E-state index contributed by atoms with van der Waals surface area (Å²) < 4.78 is 0. The molecule has 0 aromatic carbocycles. The molecule has 1 aromatic heterocycles. The van der Waals surface area contributed by atoms with Crippen molar-refractivity contribution in [3.8, 4) is 6.07 Å². The lowest BCUT2D eigenvalue weighted by atomic mass is 9.68. The smallest absolute Gasteiger partial charge is 0.136 e. The Bertz CT molecular complexity index is 451. The highest BCUT2D eigenvalue weighted by Gasteiger charge is 2.47. The van der Waals surface area contributed by atoms with Gasteiger partial charge in [-0.05, 0) is 30.9 Å². The van der Waals surface area contributed by atoms with Crippen LogP contribution < -0.4 is 0 Å². The second-order valence-electron chi connectivity index (χ2n) is 4.50. The molecule has 3 rings (SSSR count). The molecule has 0 spiro atoms. The van der Waals surface area contributed by atoms with Gasteiger partial charge in [0.2, 0.25) is 0 Å². The first-order chi connectivity index (χ1) is 7.23. The minimum Gasteiger partial charge on any atom is -0.300 e. The molecule has 0 bridgehead atoms. The molecular formula is C12H11NOS. The van der Waals surface area contributed by atoms with Gasteiger partial charge < -0.3 is 0 Å². The van der Waals surface area contributed by atoms with Crippen LogP contribution in [0.5, 0.6) is 0 Å². The van der Waals surface area contributed by atoms with Gasteiger partial charge in [-0.3, -0.25) is 4.79 Å². The fraction of sp³-hybridized carbons (Fsp3) is 0.500. The number of hydrogen-bond acceptors (Lipinski definition) is 3. The highest BCUT2D eigenvalue weighted by molar-refractivity contribution is 7.12. The summed E-state index contributed by atoms with van der Waals surface area (Å²) in [7, 11) is 0. The zero-order valence-electron chi connectivity index (χ0n) is 8.38. The van der Waals surface area contributed by atoms with Crippen molar-refractivity contribution in [2.24, 2.45) is 0 Å². The maximum absolute atomic E-state index is 11.1. The number of carbonyl (C=O) groups is 1. The molecule has 0 aliphatic heterocycles. The maximum atomic E-state index is 11.1. The Hall–Kier alpha value is -1.14. The minimum atomic E-state index is -0.452. The summed E-state index contributed by atoms with van der Waals surface area (Å²) in [6.45, 7) is 0. The second-order valence-corrected chi connectivity index (χ2v) is 5.64. The van der Waals surface area contributed by atoms with Crippen molar-refractivity contribution in [2.75, 3.05) is 0 Å². The zero-order valence-corrected chi connectivity index (χ0v) is 9.19. The van der Waals surface area contributed by atoms with E-state index in [4.69, 9.17) is 0 Å². The Morgan fingerprint density at radius 2 is 2.20 bits per heavy atom. The highest BCUT2D eigenvalue weighted by atomic mass is 32.1. The van der Waals surface area contributed by atoms with E-state index in [-0.39, 0.29) is 5.78 Å². The van der Waals surface area contributed by atoms with E-state index in [0.717, 1.165) is 17.7 Å². The number of rotatable bonds is 1. The molecule has 76 valence electrons. The van der Waals surface area contributed by atoms with Gasteiger partial charge in [-0.1, -0.05) is 0 Å². The number of ketones is 1. The van der Waals surface area contributed by atoms with E-state index in [9.17, 15) is 10.1 Å². The van der Waals surface area contributed by atoms with Gasteiger partial charge in [0.05, 0.1) is 6.07 Å². The Kier molecular flexibility index (Phi) is 1.78. The number of nitriles is 1. The summed E-state index contributed by atoms with van der Waals surface area (Å²) in [6.07, 6.45) is 4.43. The lowest BCUT2D eigenvalue weighted by Crippen LogP contribution is -2.39. The average Bonchev–Trinajstić information content (AvgIpc) is 2.71. The molecule has 2 aliphatic carbocycles. The SMILES string of the molecule is N#CC1(c2cc3c(s2)CCC3)CC(=O)C1. The van der Waals surface area contributed by atoms with Gasteiger partial charge in [0.15, 0.2) is 0 Å². The molecule has 0 radical (unpaired) electrons. The van der Waals surface area contributed by atoms with Gasteiger partial charge in [0.25, 0.3) is 0 Å². The van der Waals surface area contributed by atoms with E-state index in [1.54, 1.807) is 11.3 Å². The van der Waals surface area contributed by atoms with Crippen LogP contribution in [-0.4, -0.2) is 5.78 Å². The number of carbonyl (C=O) groups excluding carboxylic acids is 1. The number of nitrogens with zero attached hydrogens (tertiary/aromatic N) is 1. The highest BCUT2D eigenvalue weighted by Crippen LogP contribution is 2.46. The largest absolute Gasteiger partial charge is 0.300 e. The Morgan fingerprint density at radius 3 is 2.80 bits per heavy atom. The molecule has 0 unspecified atom stereocenters. The topological polar surface area (TPSA) is 40.9 Å². The molecule has 1 saturated carbocycles. The number of hydrogen-bond donors (Lipinski definition) is 0. The molecule has 1 heterocycles. The third kappa shape index (κ3) is 1.18. The van der Waals surface area contributed by atoms with Crippen molar-refractivity contribution >= 4 is 17.1 Å². The molecule has 3 heteroatoms. The molecule has 0 saturated heterocycles. The number of thiophene rings is 1. The standard InChI is InChI=1S/C12H11NOS/c13-7-12(5-9(14)6-12)11-4-8-2-1-3-10(8)15-11/h4H,1-3,5-6H2. The molecule has 0 atom stereocenters.